The SMILES string of the molecule is COC1(CNC(=O)CC(N)=S)CCC1. The normalized spacial score (nSPS) is 18.4. The van der Waals surface area contributed by atoms with Crippen LogP contribution in [0.3, 0.4) is 0 Å². The van der Waals surface area contributed by atoms with Gasteiger partial charge in [0.1, 0.15) is 0 Å². The van der Waals surface area contributed by atoms with Crippen molar-refractivity contribution in [3.05, 3.63) is 0 Å². The van der Waals surface area contributed by atoms with Crippen LogP contribution in [0.5, 0.6) is 0 Å². The second-order valence-electron chi connectivity index (χ2n) is 3.66. The molecule has 4 nitrogen and oxygen atoms in total. The zero-order valence-corrected chi connectivity index (χ0v) is 9.15. The molecule has 0 spiro atoms. The van der Waals surface area contributed by atoms with Crippen molar-refractivity contribution in [3.63, 3.8) is 0 Å². The van der Waals surface area contributed by atoms with E-state index in [0.29, 0.717) is 6.54 Å². The van der Waals surface area contributed by atoms with E-state index in [0.717, 1.165) is 12.8 Å². The van der Waals surface area contributed by atoms with Crippen LogP contribution in [0.1, 0.15) is 25.7 Å². The summed E-state index contributed by atoms with van der Waals surface area (Å²) in [5, 5.41) is 2.78. The van der Waals surface area contributed by atoms with Crippen molar-refractivity contribution >= 4 is 23.1 Å². The summed E-state index contributed by atoms with van der Waals surface area (Å²) >= 11 is 4.64. The number of hydrogen-bond donors (Lipinski definition) is 2. The molecule has 0 aromatic rings. The highest BCUT2D eigenvalue weighted by molar-refractivity contribution is 7.80. The van der Waals surface area contributed by atoms with Gasteiger partial charge in [0.25, 0.3) is 0 Å². The fourth-order valence-electron chi connectivity index (χ4n) is 1.50. The largest absolute Gasteiger partial charge is 0.393 e. The summed E-state index contributed by atoms with van der Waals surface area (Å²) in [7, 11) is 1.68. The van der Waals surface area contributed by atoms with Crippen molar-refractivity contribution in [3.8, 4) is 0 Å². The van der Waals surface area contributed by atoms with Crippen LogP contribution < -0.4 is 11.1 Å². The minimum Gasteiger partial charge on any atom is -0.393 e. The summed E-state index contributed by atoms with van der Waals surface area (Å²) in [5.41, 5.74) is 5.12. The standard InChI is InChI=1S/C9H16N2O2S/c1-13-9(3-2-4-9)6-11-8(12)5-7(10)14/h2-6H2,1H3,(H2,10,14)(H,11,12). The second-order valence-corrected chi connectivity index (χ2v) is 4.18. The van der Waals surface area contributed by atoms with Crippen LogP contribution in [-0.4, -0.2) is 30.2 Å². The number of nitrogens with one attached hydrogen (secondary N) is 1. The van der Waals surface area contributed by atoms with E-state index in [1.807, 2.05) is 0 Å². The van der Waals surface area contributed by atoms with E-state index in [1.54, 1.807) is 7.11 Å². The number of rotatable bonds is 5. The number of ether oxygens (including phenoxy) is 1. The molecule has 0 aromatic heterocycles. The molecule has 14 heavy (non-hydrogen) atoms. The first-order valence-corrected chi connectivity index (χ1v) is 5.09. The lowest BCUT2D eigenvalue weighted by molar-refractivity contribution is -0.123. The van der Waals surface area contributed by atoms with Gasteiger partial charge in [0.2, 0.25) is 5.91 Å². The van der Waals surface area contributed by atoms with Crippen molar-refractivity contribution in [2.45, 2.75) is 31.3 Å². The first-order chi connectivity index (χ1) is 6.58. The van der Waals surface area contributed by atoms with E-state index in [-0.39, 0.29) is 22.9 Å². The monoisotopic (exact) mass is 216 g/mol. The van der Waals surface area contributed by atoms with Gasteiger partial charge in [0.05, 0.1) is 17.0 Å². The first kappa shape index (κ1) is 11.4. The fraction of sp³-hybridized carbons (Fsp3) is 0.778. The van der Waals surface area contributed by atoms with E-state index in [2.05, 4.69) is 17.5 Å². The summed E-state index contributed by atoms with van der Waals surface area (Å²) in [6, 6.07) is 0. The lowest BCUT2D eigenvalue weighted by Crippen LogP contribution is -2.49. The molecule has 1 amide bonds. The first-order valence-electron chi connectivity index (χ1n) is 4.68. The summed E-state index contributed by atoms with van der Waals surface area (Å²) in [5.74, 6) is -0.124. The molecule has 0 heterocycles. The lowest BCUT2D eigenvalue weighted by Gasteiger charge is -2.40. The summed E-state index contributed by atoms with van der Waals surface area (Å²) < 4.78 is 5.35. The highest BCUT2D eigenvalue weighted by Crippen LogP contribution is 2.34. The average Bonchev–Trinajstić information content (AvgIpc) is 2.01. The molecule has 0 aromatic carbocycles. The minimum absolute atomic E-state index is 0.120. The molecule has 0 unspecified atom stereocenters. The van der Waals surface area contributed by atoms with Crippen LogP contribution >= 0.6 is 12.2 Å². The Morgan fingerprint density at radius 3 is 2.64 bits per heavy atom. The number of nitrogens with two attached hydrogens (primary N) is 1. The van der Waals surface area contributed by atoms with E-state index >= 15 is 0 Å². The lowest BCUT2D eigenvalue weighted by atomic mass is 9.80. The molecule has 1 aliphatic rings. The van der Waals surface area contributed by atoms with Gasteiger partial charge in [-0.05, 0) is 19.3 Å². The Morgan fingerprint density at radius 1 is 1.64 bits per heavy atom. The van der Waals surface area contributed by atoms with Gasteiger partial charge in [-0.25, -0.2) is 0 Å². The van der Waals surface area contributed by atoms with Gasteiger partial charge >= 0.3 is 0 Å². The summed E-state index contributed by atoms with van der Waals surface area (Å²) in [4.78, 5) is 11.4. The zero-order chi connectivity index (χ0) is 10.6. The summed E-state index contributed by atoms with van der Waals surface area (Å²) in [6.07, 6.45) is 3.31. The van der Waals surface area contributed by atoms with Crippen LogP contribution in [0.25, 0.3) is 0 Å². The van der Waals surface area contributed by atoms with E-state index in [1.165, 1.54) is 6.42 Å². The highest BCUT2D eigenvalue weighted by Gasteiger charge is 2.37. The topological polar surface area (TPSA) is 64.3 Å². The van der Waals surface area contributed by atoms with Crippen molar-refractivity contribution in [2.75, 3.05) is 13.7 Å². The fourth-order valence-corrected chi connectivity index (χ4v) is 1.64. The maximum Gasteiger partial charge on any atom is 0.226 e. The molecule has 1 fully saturated rings. The number of carbonyl (C=O) groups is 1. The predicted molar refractivity (Wildman–Crippen MR) is 58.0 cm³/mol. The van der Waals surface area contributed by atoms with E-state index in [4.69, 9.17) is 10.5 Å². The maximum atomic E-state index is 11.2. The molecule has 1 aliphatic carbocycles. The molecule has 80 valence electrons. The third-order valence-corrected chi connectivity index (χ3v) is 2.78. The van der Waals surface area contributed by atoms with Gasteiger partial charge in [-0.15, -0.1) is 0 Å². The molecule has 5 heteroatoms. The van der Waals surface area contributed by atoms with Gasteiger partial charge < -0.3 is 15.8 Å². The molecule has 1 saturated carbocycles. The molecular formula is C9H16N2O2S. The average molecular weight is 216 g/mol. The zero-order valence-electron chi connectivity index (χ0n) is 8.34. The Bertz CT molecular complexity index is 233. The van der Waals surface area contributed by atoms with Crippen molar-refractivity contribution in [1.29, 1.82) is 0 Å². The Hall–Kier alpha value is -0.680. The van der Waals surface area contributed by atoms with Crippen LogP contribution in [-0.2, 0) is 9.53 Å². The number of hydrogen-bond acceptors (Lipinski definition) is 3. The van der Waals surface area contributed by atoms with Crippen LogP contribution in [0.2, 0.25) is 0 Å². The Kier molecular flexibility index (Phi) is 3.83. The van der Waals surface area contributed by atoms with Crippen molar-refractivity contribution in [1.82, 2.24) is 5.32 Å². The van der Waals surface area contributed by atoms with Gasteiger partial charge in [-0.1, -0.05) is 12.2 Å². The maximum absolute atomic E-state index is 11.2. The quantitative estimate of drug-likeness (QED) is 0.651. The van der Waals surface area contributed by atoms with Crippen molar-refractivity contribution < 1.29 is 9.53 Å². The van der Waals surface area contributed by atoms with E-state index < -0.39 is 0 Å². The smallest absolute Gasteiger partial charge is 0.226 e. The molecule has 0 atom stereocenters. The van der Waals surface area contributed by atoms with Crippen LogP contribution in [0.15, 0.2) is 0 Å². The number of amides is 1. The molecular weight excluding hydrogens is 200 g/mol. The number of methoxy groups -OCH3 is 1. The molecule has 0 saturated heterocycles. The third-order valence-electron chi connectivity index (χ3n) is 2.64. The minimum atomic E-state index is -0.133. The molecule has 1 rings (SSSR count). The molecule has 0 aliphatic heterocycles. The van der Waals surface area contributed by atoms with E-state index in [9.17, 15) is 4.79 Å². The van der Waals surface area contributed by atoms with Crippen LogP contribution in [0.4, 0.5) is 0 Å². The predicted octanol–water partition coefficient (Wildman–Crippen LogP) is 0.348. The second kappa shape index (κ2) is 4.70. The third kappa shape index (κ3) is 2.92. The van der Waals surface area contributed by atoms with Gasteiger partial charge in [0, 0.05) is 13.7 Å². The number of carbonyl (C=O) groups excluding carboxylic acids is 1. The Labute approximate surface area is 89.2 Å². The molecule has 3 N–H and O–H groups in total. The Morgan fingerprint density at radius 2 is 2.29 bits per heavy atom. The van der Waals surface area contributed by atoms with Gasteiger partial charge in [-0.2, -0.15) is 0 Å². The number of thiocarbonyl (C=S) groups is 1. The van der Waals surface area contributed by atoms with Crippen molar-refractivity contribution in [2.24, 2.45) is 5.73 Å². The molecule has 0 bridgehead atoms. The van der Waals surface area contributed by atoms with Gasteiger partial charge in [0.15, 0.2) is 0 Å². The summed E-state index contributed by atoms with van der Waals surface area (Å²) in [6.45, 7) is 0.560. The van der Waals surface area contributed by atoms with Crippen LogP contribution in [0, 0.1) is 0 Å². The Balaban J connectivity index is 2.25. The van der Waals surface area contributed by atoms with Gasteiger partial charge in [-0.3, -0.25) is 4.79 Å². The molecule has 0 radical (unpaired) electrons. The highest BCUT2D eigenvalue weighted by atomic mass is 32.1.